The third-order valence-electron chi connectivity index (χ3n) is 9.78. The number of unbranched alkanes of at least 4 members (excludes halogenated alkanes) is 2. The first-order valence-corrected chi connectivity index (χ1v) is 22.8. The second kappa shape index (κ2) is 15.9. The van der Waals surface area contributed by atoms with E-state index < -0.39 is 78.6 Å². The number of nitrogens with zero attached hydrogens (tertiary/aromatic N) is 2. The molecular formula is C34H41N2O14S4-3. The number of fused-ring (bicyclic) bond motifs is 2. The van der Waals surface area contributed by atoms with Crippen LogP contribution in [0.25, 0.3) is 0 Å². The van der Waals surface area contributed by atoms with Gasteiger partial charge in [0.05, 0.1) is 35.4 Å². The van der Waals surface area contributed by atoms with Gasteiger partial charge in [-0.05, 0) is 82.0 Å². The van der Waals surface area contributed by atoms with Crippen LogP contribution in [0.15, 0.2) is 70.1 Å². The van der Waals surface area contributed by atoms with Crippen molar-refractivity contribution in [1.29, 1.82) is 0 Å². The summed E-state index contributed by atoms with van der Waals surface area (Å²) in [5.74, 6) is -2.33. The first kappa shape index (κ1) is 43.2. The normalized spacial score (nSPS) is 19.5. The Morgan fingerprint density at radius 1 is 0.778 bits per heavy atom. The number of hydrogen-bond donors (Lipinski definition) is 1. The highest BCUT2D eigenvalue weighted by Gasteiger charge is 2.46. The summed E-state index contributed by atoms with van der Waals surface area (Å²) < 4.78 is 143. The van der Waals surface area contributed by atoms with E-state index in [0.29, 0.717) is 59.6 Å². The molecule has 16 nitrogen and oxygen atoms in total. The third-order valence-corrected chi connectivity index (χ3v) is 13.0. The molecule has 2 aliphatic heterocycles. The number of rotatable bonds is 18. The lowest BCUT2D eigenvalue weighted by atomic mass is 9.77. The standard InChI is InChI=1S/C34H44N2O14S4/c1-33(2)26-22-24(53(45,46)47)13-15-28(26)35(18-8-20-51(39,40)41)30(33)10-7-11-31-34(3,17-6-4-5-12-32(37)38)27-23-25(54(48,49)50)14-16-29(27)36(31)19-9-21-52(42,43)44/h7,10-11,13-16,22-23H,4-6,8-9,12,17-21H2,1-3H3,(H4-,37,38,39,40,41,42,43,44,45,46,47,48,49,50)/p-3. The molecule has 0 aromatic heterocycles. The first-order valence-electron chi connectivity index (χ1n) is 16.9. The zero-order chi connectivity index (χ0) is 40.5. The van der Waals surface area contributed by atoms with Gasteiger partial charge in [-0.3, -0.25) is 4.79 Å². The lowest BCUT2D eigenvalue weighted by molar-refractivity contribution is -0.437. The van der Waals surface area contributed by atoms with Crippen molar-refractivity contribution in [3.63, 3.8) is 0 Å². The van der Waals surface area contributed by atoms with E-state index >= 15 is 0 Å². The molecular weight excluding hydrogens is 789 g/mol. The zero-order valence-corrected chi connectivity index (χ0v) is 33.0. The topological polar surface area (TPSA) is 272 Å². The molecule has 0 bridgehead atoms. The molecule has 1 unspecified atom stereocenters. The van der Waals surface area contributed by atoms with Crippen LogP contribution in [-0.2, 0) is 56.1 Å². The van der Waals surface area contributed by atoms with Crippen LogP contribution in [0.2, 0.25) is 0 Å². The lowest BCUT2D eigenvalue weighted by Crippen LogP contribution is -2.30. The van der Waals surface area contributed by atoms with E-state index in [2.05, 4.69) is 0 Å². The Morgan fingerprint density at radius 2 is 1.35 bits per heavy atom. The number of carbonyl (C=O) groups is 1. The highest BCUT2D eigenvalue weighted by molar-refractivity contribution is 7.86. The Labute approximate surface area is 315 Å². The molecule has 0 fully saturated rings. The molecule has 298 valence electrons. The van der Waals surface area contributed by atoms with Crippen LogP contribution in [0.5, 0.6) is 0 Å². The van der Waals surface area contributed by atoms with E-state index in [-0.39, 0.29) is 32.4 Å². The fourth-order valence-corrected chi connectivity index (χ4v) is 9.16. The SMILES string of the molecule is CC1(C)C(/C=C/C=C2/N(CCCS(=O)(=O)[O-])c3ccc(S(=O)(=O)[O-])cc3C2(C)CCCCCC(=O)O)=[N+](CCCS(=O)(=O)[O-])c2ccc(S(=O)(=O)[O-])cc21. The zero-order valence-electron chi connectivity index (χ0n) is 29.8. The number of aliphatic carboxylic acids is 1. The van der Waals surface area contributed by atoms with Crippen LogP contribution < -0.4 is 4.90 Å². The molecule has 4 rings (SSSR count). The van der Waals surface area contributed by atoms with Crippen molar-refractivity contribution in [3.8, 4) is 0 Å². The molecule has 0 saturated heterocycles. The van der Waals surface area contributed by atoms with Crippen molar-refractivity contribution in [2.45, 2.75) is 86.3 Å². The van der Waals surface area contributed by atoms with Gasteiger partial charge < -0.3 is 28.2 Å². The van der Waals surface area contributed by atoms with Crippen LogP contribution >= 0.6 is 0 Å². The summed E-state index contributed by atoms with van der Waals surface area (Å²) >= 11 is 0. The van der Waals surface area contributed by atoms with Gasteiger partial charge in [-0.1, -0.05) is 18.9 Å². The van der Waals surface area contributed by atoms with E-state index in [1.165, 1.54) is 24.3 Å². The molecule has 0 amide bonds. The van der Waals surface area contributed by atoms with Crippen molar-refractivity contribution in [1.82, 2.24) is 0 Å². The van der Waals surface area contributed by atoms with Crippen molar-refractivity contribution in [2.75, 3.05) is 29.5 Å². The highest BCUT2D eigenvalue weighted by atomic mass is 32.2. The molecule has 2 aliphatic rings. The molecule has 0 aliphatic carbocycles. The van der Waals surface area contributed by atoms with Crippen LogP contribution in [0.4, 0.5) is 11.4 Å². The Hall–Kier alpha value is -3.50. The van der Waals surface area contributed by atoms with Gasteiger partial charge in [0, 0.05) is 65.4 Å². The molecule has 2 aromatic carbocycles. The summed E-state index contributed by atoms with van der Waals surface area (Å²) in [5, 5.41) is 9.10. The molecule has 2 heterocycles. The average Bonchev–Trinajstić information content (AvgIpc) is 3.38. The molecule has 2 aromatic rings. The molecule has 0 saturated carbocycles. The van der Waals surface area contributed by atoms with Crippen molar-refractivity contribution < 1.29 is 66.4 Å². The van der Waals surface area contributed by atoms with Gasteiger partial charge in [0.2, 0.25) is 5.69 Å². The van der Waals surface area contributed by atoms with Gasteiger partial charge in [0.25, 0.3) is 0 Å². The summed E-state index contributed by atoms with van der Waals surface area (Å²) in [6.07, 6.45) is 6.42. The predicted octanol–water partition coefficient (Wildman–Crippen LogP) is 2.99. The summed E-state index contributed by atoms with van der Waals surface area (Å²) in [5.41, 5.74) is 0.922. The highest BCUT2D eigenvalue weighted by Crippen LogP contribution is 2.51. The Bertz CT molecular complexity index is 2350. The predicted molar refractivity (Wildman–Crippen MR) is 193 cm³/mol. The number of benzene rings is 2. The minimum absolute atomic E-state index is 0.00195. The van der Waals surface area contributed by atoms with Crippen LogP contribution in [0.3, 0.4) is 0 Å². The number of anilines is 1. The quantitative estimate of drug-likeness (QED) is 0.128. The summed E-state index contributed by atoms with van der Waals surface area (Å²) in [6, 6.07) is 7.63. The van der Waals surface area contributed by atoms with Crippen molar-refractivity contribution in [2.24, 2.45) is 0 Å². The van der Waals surface area contributed by atoms with Crippen LogP contribution in [0, 0.1) is 0 Å². The van der Waals surface area contributed by atoms with Crippen molar-refractivity contribution >= 4 is 63.5 Å². The summed E-state index contributed by atoms with van der Waals surface area (Å²) in [6.45, 7) is 5.35. The molecule has 0 radical (unpaired) electrons. The Kier molecular flexibility index (Phi) is 12.8. The minimum Gasteiger partial charge on any atom is -0.748 e. The van der Waals surface area contributed by atoms with Gasteiger partial charge in [-0.25, -0.2) is 33.7 Å². The Balaban J connectivity index is 1.87. The van der Waals surface area contributed by atoms with E-state index in [1.807, 2.05) is 0 Å². The van der Waals surface area contributed by atoms with Crippen molar-refractivity contribution in [3.05, 3.63) is 71.5 Å². The largest absolute Gasteiger partial charge is 0.748 e. The van der Waals surface area contributed by atoms with E-state index in [0.717, 1.165) is 12.1 Å². The van der Waals surface area contributed by atoms with E-state index in [1.54, 1.807) is 48.5 Å². The second-order valence-electron chi connectivity index (χ2n) is 14.0. The van der Waals surface area contributed by atoms with E-state index in [4.69, 9.17) is 5.11 Å². The summed E-state index contributed by atoms with van der Waals surface area (Å²) in [7, 11) is -18.9. The van der Waals surface area contributed by atoms with Gasteiger partial charge in [-0.15, -0.1) is 0 Å². The van der Waals surface area contributed by atoms with E-state index in [9.17, 15) is 56.7 Å². The third kappa shape index (κ3) is 10.2. The molecule has 54 heavy (non-hydrogen) atoms. The number of carboxylic acid groups (broad SMARTS) is 1. The average molecular weight is 830 g/mol. The molecule has 1 atom stereocenters. The van der Waals surface area contributed by atoms with Crippen LogP contribution in [-0.4, -0.2) is 97.8 Å². The number of carboxylic acids is 1. The monoisotopic (exact) mass is 829 g/mol. The maximum Gasteiger partial charge on any atom is 0.303 e. The second-order valence-corrected chi connectivity index (χ2v) is 19.8. The van der Waals surface area contributed by atoms with Gasteiger partial charge in [0.1, 0.15) is 26.8 Å². The molecule has 0 spiro atoms. The number of allylic oxidation sites excluding steroid dienone is 4. The fourth-order valence-electron chi connectivity index (χ4n) is 7.20. The van der Waals surface area contributed by atoms with Crippen LogP contribution in [0.1, 0.15) is 76.8 Å². The molecule has 1 N–H and O–H groups in total. The number of hydrogen-bond acceptors (Lipinski definition) is 14. The molecule has 20 heteroatoms. The van der Waals surface area contributed by atoms with Gasteiger partial charge >= 0.3 is 5.97 Å². The van der Waals surface area contributed by atoms with Gasteiger partial charge in [0.15, 0.2) is 5.71 Å². The van der Waals surface area contributed by atoms with Gasteiger partial charge in [-0.2, -0.15) is 4.58 Å². The smallest absolute Gasteiger partial charge is 0.303 e. The lowest BCUT2D eigenvalue weighted by Gasteiger charge is -2.31. The maximum atomic E-state index is 12.1. The minimum atomic E-state index is -4.90. The Morgan fingerprint density at radius 3 is 1.93 bits per heavy atom. The fraction of sp³-hybridized carbons (Fsp3) is 0.471. The summed E-state index contributed by atoms with van der Waals surface area (Å²) in [4.78, 5) is 11.9. The maximum absolute atomic E-state index is 12.1. The first-order chi connectivity index (χ1) is 24.8.